The van der Waals surface area contributed by atoms with Crippen LogP contribution in [0.25, 0.3) is 0 Å². The number of likely N-dealkylation sites (tertiary alicyclic amines) is 1. The number of halogens is 1. The molecule has 0 amide bonds. The zero-order valence-corrected chi connectivity index (χ0v) is 12.2. The molecule has 0 atom stereocenters. The van der Waals surface area contributed by atoms with E-state index in [0.717, 1.165) is 19.6 Å². The molecule has 1 aromatic rings. The molecule has 19 heavy (non-hydrogen) atoms. The maximum atomic E-state index is 10.9. The topological polar surface area (TPSA) is 71.3 Å². The van der Waals surface area contributed by atoms with Crippen LogP contribution < -0.4 is 5.32 Å². The van der Waals surface area contributed by atoms with E-state index in [-0.39, 0.29) is 5.69 Å². The van der Waals surface area contributed by atoms with E-state index in [1.807, 2.05) is 0 Å². The average Bonchev–Trinajstić information content (AvgIpc) is 2.41. The SMILES string of the molecule is O=[N+]([O-])c1cncc(Br)c1NCCN1CCCCC1. The Balaban J connectivity index is 1.93. The van der Waals surface area contributed by atoms with Gasteiger partial charge in [0.15, 0.2) is 0 Å². The van der Waals surface area contributed by atoms with Crippen LogP contribution in [0.1, 0.15) is 19.3 Å². The summed E-state index contributed by atoms with van der Waals surface area (Å²) < 4.78 is 0.625. The molecule has 1 N–H and O–H groups in total. The highest BCUT2D eigenvalue weighted by Crippen LogP contribution is 2.30. The highest BCUT2D eigenvalue weighted by Gasteiger charge is 2.17. The van der Waals surface area contributed by atoms with Gasteiger partial charge in [-0.25, -0.2) is 0 Å². The second-order valence-corrected chi connectivity index (χ2v) is 5.46. The lowest BCUT2D eigenvalue weighted by molar-refractivity contribution is -0.384. The molecular weight excluding hydrogens is 312 g/mol. The molecule has 1 aliphatic rings. The van der Waals surface area contributed by atoms with E-state index in [4.69, 9.17) is 0 Å². The molecule has 0 aliphatic carbocycles. The molecule has 0 bridgehead atoms. The minimum absolute atomic E-state index is 0.00743. The molecule has 2 rings (SSSR count). The number of nitro groups is 1. The number of hydrogen-bond donors (Lipinski definition) is 1. The maximum absolute atomic E-state index is 10.9. The highest BCUT2D eigenvalue weighted by molar-refractivity contribution is 9.10. The zero-order chi connectivity index (χ0) is 13.7. The Morgan fingerprint density at radius 3 is 2.79 bits per heavy atom. The lowest BCUT2D eigenvalue weighted by atomic mass is 10.1. The number of nitrogens with zero attached hydrogens (tertiary/aromatic N) is 3. The molecule has 104 valence electrons. The van der Waals surface area contributed by atoms with Crippen molar-refractivity contribution in [3.8, 4) is 0 Å². The highest BCUT2D eigenvalue weighted by atomic mass is 79.9. The average molecular weight is 329 g/mol. The molecule has 1 aromatic heterocycles. The Hall–Kier alpha value is -1.21. The summed E-state index contributed by atoms with van der Waals surface area (Å²) in [5.74, 6) is 0. The van der Waals surface area contributed by atoms with Gasteiger partial charge in [0, 0.05) is 19.3 Å². The molecular formula is C12H17BrN4O2. The van der Waals surface area contributed by atoms with E-state index in [1.54, 1.807) is 6.20 Å². The van der Waals surface area contributed by atoms with Crippen LogP contribution in [0.15, 0.2) is 16.9 Å². The van der Waals surface area contributed by atoms with Gasteiger partial charge < -0.3 is 10.2 Å². The Morgan fingerprint density at radius 2 is 2.11 bits per heavy atom. The van der Waals surface area contributed by atoms with E-state index in [1.165, 1.54) is 25.5 Å². The van der Waals surface area contributed by atoms with Crippen LogP contribution in [0, 0.1) is 10.1 Å². The van der Waals surface area contributed by atoms with Gasteiger partial charge in [-0.1, -0.05) is 6.42 Å². The van der Waals surface area contributed by atoms with Crippen LogP contribution in [-0.2, 0) is 0 Å². The monoisotopic (exact) mass is 328 g/mol. The maximum Gasteiger partial charge on any atom is 0.311 e. The van der Waals surface area contributed by atoms with Crippen molar-refractivity contribution in [1.29, 1.82) is 0 Å². The van der Waals surface area contributed by atoms with Crippen molar-refractivity contribution in [3.05, 3.63) is 27.0 Å². The summed E-state index contributed by atoms with van der Waals surface area (Å²) in [7, 11) is 0. The minimum atomic E-state index is -0.416. The standard InChI is InChI=1S/C12H17BrN4O2/c13-10-8-14-9-11(17(18)19)12(10)15-4-7-16-5-2-1-3-6-16/h8-9H,1-7H2,(H,14,15). The Labute approximate surface area is 120 Å². The van der Waals surface area contributed by atoms with Crippen LogP contribution in [0.4, 0.5) is 11.4 Å². The normalized spacial score (nSPS) is 16.3. The molecule has 0 radical (unpaired) electrons. The van der Waals surface area contributed by atoms with Crippen LogP contribution in [0.5, 0.6) is 0 Å². The molecule has 0 spiro atoms. The van der Waals surface area contributed by atoms with Gasteiger partial charge in [-0.3, -0.25) is 15.1 Å². The fourth-order valence-corrected chi connectivity index (χ4v) is 2.72. The number of hydrogen-bond acceptors (Lipinski definition) is 5. The Kier molecular flexibility index (Phi) is 5.09. The van der Waals surface area contributed by atoms with Gasteiger partial charge in [-0.2, -0.15) is 0 Å². The molecule has 0 unspecified atom stereocenters. The van der Waals surface area contributed by atoms with Gasteiger partial charge >= 0.3 is 5.69 Å². The van der Waals surface area contributed by atoms with Gasteiger partial charge in [0.05, 0.1) is 9.40 Å². The van der Waals surface area contributed by atoms with E-state index >= 15 is 0 Å². The Morgan fingerprint density at radius 1 is 1.37 bits per heavy atom. The fraction of sp³-hybridized carbons (Fsp3) is 0.583. The number of nitrogens with one attached hydrogen (secondary N) is 1. The molecule has 1 saturated heterocycles. The smallest absolute Gasteiger partial charge is 0.311 e. The summed E-state index contributed by atoms with van der Waals surface area (Å²) in [5, 5.41) is 14.1. The largest absolute Gasteiger partial charge is 0.377 e. The molecule has 1 aliphatic heterocycles. The van der Waals surface area contributed by atoms with E-state index < -0.39 is 4.92 Å². The second kappa shape index (κ2) is 6.81. The van der Waals surface area contributed by atoms with Gasteiger partial charge in [-0.05, 0) is 41.9 Å². The van der Waals surface area contributed by atoms with Crippen molar-refractivity contribution in [2.24, 2.45) is 0 Å². The van der Waals surface area contributed by atoms with Crippen LogP contribution in [0.2, 0.25) is 0 Å². The Bertz CT molecular complexity index is 449. The number of anilines is 1. The van der Waals surface area contributed by atoms with Crippen molar-refractivity contribution in [2.45, 2.75) is 19.3 Å². The van der Waals surface area contributed by atoms with E-state index in [9.17, 15) is 10.1 Å². The van der Waals surface area contributed by atoms with Crippen LogP contribution in [0.3, 0.4) is 0 Å². The summed E-state index contributed by atoms with van der Waals surface area (Å²) in [4.78, 5) is 16.7. The summed E-state index contributed by atoms with van der Waals surface area (Å²) in [6, 6.07) is 0. The molecule has 6 nitrogen and oxygen atoms in total. The first-order valence-electron chi connectivity index (χ1n) is 6.42. The van der Waals surface area contributed by atoms with Crippen LogP contribution in [-0.4, -0.2) is 41.0 Å². The number of rotatable bonds is 5. The molecule has 1 fully saturated rings. The zero-order valence-electron chi connectivity index (χ0n) is 10.6. The van der Waals surface area contributed by atoms with Gasteiger partial charge in [0.25, 0.3) is 0 Å². The van der Waals surface area contributed by atoms with E-state index in [2.05, 4.69) is 31.1 Å². The lowest BCUT2D eigenvalue weighted by Crippen LogP contribution is -2.33. The molecule has 0 aromatic carbocycles. The third-order valence-electron chi connectivity index (χ3n) is 3.25. The summed E-state index contributed by atoms with van der Waals surface area (Å²) in [5.41, 5.74) is 0.519. The quantitative estimate of drug-likeness (QED) is 0.664. The molecule has 0 saturated carbocycles. The van der Waals surface area contributed by atoms with Crippen molar-refractivity contribution >= 4 is 27.3 Å². The fourth-order valence-electron chi connectivity index (χ4n) is 2.26. The number of pyridine rings is 1. The van der Waals surface area contributed by atoms with Gasteiger partial charge in [0.2, 0.25) is 0 Å². The summed E-state index contributed by atoms with van der Waals surface area (Å²) >= 11 is 3.30. The van der Waals surface area contributed by atoms with Gasteiger partial charge in [0.1, 0.15) is 11.9 Å². The summed E-state index contributed by atoms with van der Waals surface area (Å²) in [6.07, 6.45) is 6.65. The minimum Gasteiger partial charge on any atom is -0.377 e. The van der Waals surface area contributed by atoms with Crippen molar-refractivity contribution in [3.63, 3.8) is 0 Å². The van der Waals surface area contributed by atoms with Crippen LogP contribution >= 0.6 is 15.9 Å². The van der Waals surface area contributed by atoms with Crippen molar-refractivity contribution in [2.75, 3.05) is 31.5 Å². The molecule has 2 heterocycles. The number of aromatic nitrogens is 1. The second-order valence-electron chi connectivity index (χ2n) is 4.60. The van der Waals surface area contributed by atoms with E-state index in [0.29, 0.717) is 16.7 Å². The predicted octanol–water partition coefficient (Wildman–Crippen LogP) is 2.65. The third kappa shape index (κ3) is 3.87. The van der Waals surface area contributed by atoms with Crippen molar-refractivity contribution in [1.82, 2.24) is 9.88 Å². The summed E-state index contributed by atoms with van der Waals surface area (Å²) in [6.45, 7) is 3.86. The predicted molar refractivity (Wildman–Crippen MR) is 77.4 cm³/mol. The van der Waals surface area contributed by atoms with Crippen molar-refractivity contribution < 1.29 is 4.92 Å². The first-order chi connectivity index (χ1) is 9.18. The molecule has 7 heteroatoms. The van der Waals surface area contributed by atoms with Gasteiger partial charge in [-0.15, -0.1) is 0 Å². The third-order valence-corrected chi connectivity index (χ3v) is 3.86. The lowest BCUT2D eigenvalue weighted by Gasteiger charge is -2.26. The first kappa shape index (κ1) is 14.2. The first-order valence-corrected chi connectivity index (χ1v) is 7.22. The number of piperidine rings is 1.